The molecule has 0 fully saturated rings. The number of aromatic nitrogens is 1. The van der Waals surface area contributed by atoms with Crippen molar-refractivity contribution < 1.29 is 19.4 Å². The molecule has 1 aromatic heterocycles. The lowest BCUT2D eigenvalue weighted by Crippen LogP contribution is -2.48. The summed E-state index contributed by atoms with van der Waals surface area (Å²) in [4.78, 5) is 28.8. The summed E-state index contributed by atoms with van der Waals surface area (Å²) in [5, 5.41) is 15.4. The molecule has 7 nitrogen and oxygen atoms in total. The topological polar surface area (TPSA) is 101 Å². The van der Waals surface area contributed by atoms with Crippen molar-refractivity contribution in [2.24, 2.45) is 0 Å². The minimum absolute atomic E-state index is 0.0957. The standard InChI is InChI=1S/C26H25N3O4/c30-17-24-23(29-26(32)20-12-14-27-15-13-20)11-10-22(33-24)16-25(31)28-21-8-6-19(7-9-21)18-4-2-1-3-5-18/h1-15,22-24,30H,16-17H2,(H,28,31)(H,29,32)/t22-,23-,24-/m0/s1. The van der Waals surface area contributed by atoms with Crippen LogP contribution in [-0.4, -0.2) is 46.8 Å². The molecule has 33 heavy (non-hydrogen) atoms. The summed E-state index contributed by atoms with van der Waals surface area (Å²) in [6.45, 7) is -0.287. The van der Waals surface area contributed by atoms with Crippen molar-refractivity contribution in [1.82, 2.24) is 10.3 Å². The van der Waals surface area contributed by atoms with Crippen molar-refractivity contribution in [2.75, 3.05) is 11.9 Å². The van der Waals surface area contributed by atoms with E-state index in [9.17, 15) is 14.7 Å². The minimum Gasteiger partial charge on any atom is -0.394 e. The maximum Gasteiger partial charge on any atom is 0.251 e. The Morgan fingerprint density at radius 1 is 0.909 bits per heavy atom. The summed E-state index contributed by atoms with van der Waals surface area (Å²) in [5.74, 6) is -0.489. The Balaban J connectivity index is 1.32. The molecule has 0 unspecified atom stereocenters. The van der Waals surface area contributed by atoms with Crippen LogP contribution in [-0.2, 0) is 9.53 Å². The number of amides is 2. The van der Waals surface area contributed by atoms with Gasteiger partial charge in [-0.3, -0.25) is 14.6 Å². The van der Waals surface area contributed by atoms with E-state index in [1.54, 1.807) is 24.3 Å². The number of rotatable bonds is 7. The molecule has 0 saturated heterocycles. The quantitative estimate of drug-likeness (QED) is 0.487. The Bertz CT molecular complexity index is 1100. The number of anilines is 1. The van der Waals surface area contributed by atoms with E-state index >= 15 is 0 Å². The molecule has 0 aliphatic carbocycles. The number of aliphatic hydroxyl groups excluding tert-OH is 1. The van der Waals surface area contributed by atoms with Crippen LogP contribution in [0.15, 0.2) is 91.3 Å². The molecule has 2 amide bonds. The highest BCUT2D eigenvalue weighted by Gasteiger charge is 2.29. The van der Waals surface area contributed by atoms with Gasteiger partial charge in [-0.2, -0.15) is 0 Å². The molecule has 0 spiro atoms. The van der Waals surface area contributed by atoms with E-state index in [0.29, 0.717) is 11.3 Å². The normalized spacial score (nSPS) is 19.6. The number of nitrogens with one attached hydrogen (secondary N) is 2. The maximum atomic E-state index is 12.5. The van der Waals surface area contributed by atoms with E-state index in [1.165, 1.54) is 12.4 Å². The first-order valence-electron chi connectivity index (χ1n) is 10.7. The number of carbonyl (C=O) groups is 2. The zero-order chi connectivity index (χ0) is 23.0. The smallest absolute Gasteiger partial charge is 0.251 e. The number of pyridine rings is 1. The van der Waals surface area contributed by atoms with Gasteiger partial charge in [0.2, 0.25) is 5.91 Å². The van der Waals surface area contributed by atoms with Crippen LogP contribution in [0.4, 0.5) is 5.69 Å². The Morgan fingerprint density at radius 2 is 1.61 bits per heavy atom. The van der Waals surface area contributed by atoms with Crippen molar-refractivity contribution in [1.29, 1.82) is 0 Å². The van der Waals surface area contributed by atoms with Crippen LogP contribution in [0.5, 0.6) is 0 Å². The van der Waals surface area contributed by atoms with Gasteiger partial charge in [0, 0.05) is 23.6 Å². The molecule has 0 radical (unpaired) electrons. The molecular formula is C26H25N3O4. The Morgan fingerprint density at radius 3 is 2.30 bits per heavy atom. The molecular weight excluding hydrogens is 418 g/mol. The van der Waals surface area contributed by atoms with Crippen LogP contribution >= 0.6 is 0 Å². The number of benzene rings is 2. The lowest BCUT2D eigenvalue weighted by atomic mass is 10.0. The highest BCUT2D eigenvalue weighted by atomic mass is 16.5. The first-order chi connectivity index (χ1) is 16.1. The first kappa shape index (κ1) is 22.4. The fraction of sp³-hybridized carbons (Fsp3) is 0.192. The third-order valence-corrected chi connectivity index (χ3v) is 5.37. The van der Waals surface area contributed by atoms with E-state index in [1.807, 2.05) is 54.6 Å². The second-order valence-electron chi connectivity index (χ2n) is 7.71. The number of carbonyl (C=O) groups excluding carboxylic acids is 2. The van der Waals surface area contributed by atoms with Gasteiger partial charge in [0.25, 0.3) is 5.91 Å². The Labute approximate surface area is 192 Å². The van der Waals surface area contributed by atoms with Gasteiger partial charge in [-0.1, -0.05) is 54.6 Å². The van der Waals surface area contributed by atoms with Crippen LogP contribution in [0.2, 0.25) is 0 Å². The summed E-state index contributed by atoms with van der Waals surface area (Å²) in [5.41, 5.74) is 3.34. The third-order valence-electron chi connectivity index (χ3n) is 5.37. The number of aliphatic hydroxyl groups is 1. The van der Waals surface area contributed by atoms with E-state index in [4.69, 9.17) is 4.74 Å². The highest BCUT2D eigenvalue weighted by Crippen LogP contribution is 2.22. The van der Waals surface area contributed by atoms with Crippen LogP contribution in [0, 0.1) is 0 Å². The molecule has 1 aliphatic rings. The molecule has 1 aliphatic heterocycles. The summed E-state index contributed by atoms with van der Waals surface area (Å²) < 4.78 is 5.85. The average molecular weight is 444 g/mol. The largest absolute Gasteiger partial charge is 0.394 e. The van der Waals surface area contributed by atoms with Gasteiger partial charge < -0.3 is 20.5 Å². The number of ether oxygens (including phenoxy) is 1. The van der Waals surface area contributed by atoms with Crippen molar-refractivity contribution >= 4 is 17.5 Å². The Kier molecular flexibility index (Phi) is 7.24. The summed E-state index contributed by atoms with van der Waals surface area (Å²) in [6, 6.07) is 20.4. The lowest BCUT2D eigenvalue weighted by Gasteiger charge is -2.31. The van der Waals surface area contributed by atoms with Crippen molar-refractivity contribution in [3.8, 4) is 11.1 Å². The summed E-state index contributed by atoms with van der Waals surface area (Å²) in [6.07, 6.45) is 5.52. The van der Waals surface area contributed by atoms with Crippen molar-refractivity contribution in [3.05, 3.63) is 96.8 Å². The fourth-order valence-corrected chi connectivity index (χ4v) is 3.65. The van der Waals surface area contributed by atoms with Gasteiger partial charge in [0.05, 0.1) is 25.2 Å². The fourth-order valence-electron chi connectivity index (χ4n) is 3.65. The van der Waals surface area contributed by atoms with Crippen LogP contribution in [0.25, 0.3) is 11.1 Å². The van der Waals surface area contributed by atoms with E-state index in [0.717, 1.165) is 11.1 Å². The number of nitrogens with zero attached hydrogens (tertiary/aromatic N) is 1. The van der Waals surface area contributed by atoms with Gasteiger partial charge in [-0.15, -0.1) is 0 Å². The second kappa shape index (κ2) is 10.7. The van der Waals surface area contributed by atoms with E-state index in [2.05, 4.69) is 15.6 Å². The molecule has 0 saturated carbocycles. The van der Waals surface area contributed by atoms with Crippen molar-refractivity contribution in [2.45, 2.75) is 24.7 Å². The second-order valence-corrected chi connectivity index (χ2v) is 7.71. The predicted molar refractivity (Wildman–Crippen MR) is 126 cm³/mol. The zero-order valence-corrected chi connectivity index (χ0v) is 17.9. The van der Waals surface area contributed by atoms with E-state index < -0.39 is 18.2 Å². The molecule has 4 rings (SSSR count). The van der Waals surface area contributed by atoms with Gasteiger partial charge in [0.15, 0.2) is 0 Å². The monoisotopic (exact) mass is 443 g/mol. The number of hydrogen-bond acceptors (Lipinski definition) is 5. The average Bonchev–Trinajstić information content (AvgIpc) is 2.86. The van der Waals surface area contributed by atoms with E-state index in [-0.39, 0.29) is 24.8 Å². The van der Waals surface area contributed by atoms with Gasteiger partial charge in [0.1, 0.15) is 6.10 Å². The molecule has 3 N–H and O–H groups in total. The molecule has 7 heteroatoms. The Hall–Kier alpha value is -3.81. The lowest BCUT2D eigenvalue weighted by molar-refractivity contribution is -0.120. The van der Waals surface area contributed by atoms with Gasteiger partial charge in [-0.25, -0.2) is 0 Å². The predicted octanol–water partition coefficient (Wildman–Crippen LogP) is 3.19. The zero-order valence-electron chi connectivity index (χ0n) is 17.9. The molecule has 2 heterocycles. The third kappa shape index (κ3) is 5.91. The highest BCUT2D eigenvalue weighted by molar-refractivity contribution is 5.94. The summed E-state index contributed by atoms with van der Waals surface area (Å²) in [7, 11) is 0. The molecule has 0 bridgehead atoms. The first-order valence-corrected chi connectivity index (χ1v) is 10.7. The molecule has 2 aromatic carbocycles. The van der Waals surface area contributed by atoms with Crippen LogP contribution in [0.1, 0.15) is 16.8 Å². The van der Waals surface area contributed by atoms with Crippen LogP contribution < -0.4 is 10.6 Å². The van der Waals surface area contributed by atoms with Crippen LogP contribution in [0.3, 0.4) is 0 Å². The summed E-state index contributed by atoms with van der Waals surface area (Å²) >= 11 is 0. The molecule has 3 aromatic rings. The SMILES string of the molecule is O=C(C[C@@H]1C=C[C@H](NC(=O)c2ccncc2)[C@H](CO)O1)Nc1ccc(-c2ccccc2)cc1. The molecule has 168 valence electrons. The van der Waals surface area contributed by atoms with Gasteiger partial charge in [-0.05, 0) is 35.4 Å². The molecule has 3 atom stereocenters. The van der Waals surface area contributed by atoms with Gasteiger partial charge >= 0.3 is 0 Å². The number of hydrogen-bond donors (Lipinski definition) is 3. The van der Waals surface area contributed by atoms with Crippen molar-refractivity contribution in [3.63, 3.8) is 0 Å². The maximum absolute atomic E-state index is 12.5. The minimum atomic E-state index is -0.649.